The number of alkyl carbamates (subject to hydrolysis) is 1. The third kappa shape index (κ3) is 23.9. The lowest BCUT2D eigenvalue weighted by atomic mass is 9.89. The van der Waals surface area contributed by atoms with Crippen LogP contribution in [0.25, 0.3) is 21.8 Å². The average molecular weight is 1500 g/mol. The topological polar surface area (TPSA) is 420 Å². The lowest BCUT2D eigenvalue weighted by molar-refractivity contribution is -0.137. The summed E-state index contributed by atoms with van der Waals surface area (Å²) >= 11 is 6.69. The van der Waals surface area contributed by atoms with Crippen LogP contribution in [0.15, 0.2) is 85.2 Å². The molecule has 0 bridgehead atoms. The van der Waals surface area contributed by atoms with Gasteiger partial charge in [-0.2, -0.15) is 0 Å². The van der Waals surface area contributed by atoms with E-state index in [1.165, 1.54) is 33.9 Å². The number of fused-ring (bicyclic) bond motifs is 4. The van der Waals surface area contributed by atoms with E-state index in [2.05, 4.69) is 41.5 Å². The Morgan fingerprint density at radius 2 is 1.49 bits per heavy atom. The lowest BCUT2D eigenvalue weighted by Gasteiger charge is -2.26. The van der Waals surface area contributed by atoms with Crippen molar-refractivity contribution in [2.75, 3.05) is 161 Å². The molecule has 3 atom stereocenters. The molecule has 0 fully saturated rings. The number of alkyl halides is 1. The number of primary amides is 1. The van der Waals surface area contributed by atoms with Gasteiger partial charge in [0.15, 0.2) is 11.5 Å². The van der Waals surface area contributed by atoms with E-state index in [1.54, 1.807) is 68.3 Å². The van der Waals surface area contributed by atoms with Crippen LogP contribution in [-0.4, -0.2) is 256 Å². The number of carbonyl (C=O) groups is 10. The Morgan fingerprint density at radius 1 is 0.792 bits per heavy atom. The highest BCUT2D eigenvalue weighted by molar-refractivity contribution is 6.19. The summed E-state index contributed by atoms with van der Waals surface area (Å²) in [6.45, 7) is 8.17. The van der Waals surface area contributed by atoms with Crippen LogP contribution < -0.4 is 36.6 Å². The fourth-order valence-corrected chi connectivity index (χ4v) is 11.7. The van der Waals surface area contributed by atoms with Gasteiger partial charge in [-0.3, -0.25) is 33.7 Å². The van der Waals surface area contributed by atoms with Gasteiger partial charge in [-0.1, -0.05) is 49.4 Å². The molecule has 0 aliphatic carbocycles. The minimum absolute atomic E-state index is 0.0000408. The van der Waals surface area contributed by atoms with Gasteiger partial charge >= 0.3 is 24.3 Å². The number of ketones is 1. The van der Waals surface area contributed by atoms with Crippen LogP contribution in [0.3, 0.4) is 0 Å². The zero-order valence-corrected chi connectivity index (χ0v) is 60.6. The van der Waals surface area contributed by atoms with Crippen molar-refractivity contribution >= 4 is 110 Å². The summed E-state index contributed by atoms with van der Waals surface area (Å²) in [5.41, 5.74) is 9.18. The molecule has 2 aliphatic heterocycles. The maximum absolute atomic E-state index is 14.8. The highest BCUT2D eigenvalue weighted by Gasteiger charge is 2.37. The fourth-order valence-electron chi connectivity index (χ4n) is 11.5. The van der Waals surface area contributed by atoms with Gasteiger partial charge < -0.3 is 94.4 Å². The van der Waals surface area contributed by atoms with Gasteiger partial charge in [0.2, 0.25) is 5.91 Å². The predicted molar refractivity (Wildman–Crippen MR) is 385 cm³/mol. The molecule has 34 nitrogen and oxygen atoms in total. The second-order valence-electron chi connectivity index (χ2n) is 25.0. The fraction of sp³-hybridized carbons (Fsp3) is 0.479. The van der Waals surface area contributed by atoms with Gasteiger partial charge in [-0.25, -0.2) is 28.8 Å². The number of likely N-dealkylation sites (N-methyl/N-ethyl adjacent to an activating group) is 1. The molecule has 0 saturated carbocycles. The molecule has 5 heterocycles. The number of rotatable bonds is 44. The number of ether oxygens (including phenoxy) is 9. The first kappa shape index (κ1) is 81.5. The molecule has 8 rings (SSSR count). The highest BCUT2D eigenvalue weighted by Crippen LogP contribution is 2.47. The van der Waals surface area contributed by atoms with Crippen LogP contribution in [-0.2, 0) is 70.2 Å². The Labute approximate surface area is 616 Å². The summed E-state index contributed by atoms with van der Waals surface area (Å²) in [5, 5.41) is 30.0. The van der Waals surface area contributed by atoms with Crippen molar-refractivity contribution < 1.29 is 95.7 Å². The first-order valence-corrected chi connectivity index (χ1v) is 35.1. The minimum atomic E-state index is -1.04. The Balaban J connectivity index is 0.848. The van der Waals surface area contributed by atoms with Crippen LogP contribution in [0.1, 0.15) is 76.7 Å². The molecule has 3 aromatic carbocycles. The number of amides is 10. The zero-order chi connectivity index (χ0) is 76.1. The summed E-state index contributed by atoms with van der Waals surface area (Å²) in [6, 6.07) is 15.1. The Hall–Kier alpha value is -10.2. The molecular formula is C71H91ClN14O20. The normalized spacial score (nSPS) is 13.8. The van der Waals surface area contributed by atoms with Crippen molar-refractivity contribution in [1.82, 2.24) is 50.3 Å². The average Bonchev–Trinajstić information content (AvgIpc) is 1.55. The van der Waals surface area contributed by atoms with Gasteiger partial charge in [0.05, 0.1) is 122 Å². The van der Waals surface area contributed by atoms with E-state index in [1.807, 2.05) is 25.1 Å². The number of aliphatic hydroxyl groups is 1. The molecule has 0 unspecified atom stereocenters. The molecule has 106 heavy (non-hydrogen) atoms. The summed E-state index contributed by atoms with van der Waals surface area (Å²) in [5.74, 6) is -4.20. The smallest absolute Gasteiger partial charge is 0.415 e. The van der Waals surface area contributed by atoms with E-state index in [0.29, 0.717) is 91.8 Å². The van der Waals surface area contributed by atoms with Crippen molar-refractivity contribution in [3.05, 3.63) is 113 Å². The number of benzene rings is 3. The first-order chi connectivity index (χ1) is 51.2. The van der Waals surface area contributed by atoms with Crippen molar-refractivity contribution in [3.8, 4) is 5.75 Å². The standard InChI is InChI=1S/C71H91ClN14O20/c1-45(2)63(79-69(95)104-35-34-101-26-22-85-59(89)15-16-60(85)90)57(88)38-48(9-7-17-74-68(73)94)65(91)76-51-13-11-47(12-14-51)44-105-70(96)82(4)18-19-83(20-24-99-27-23-87)71(97)106-58-39-56-62(61-46(3)8-6-10-53(58)61)50(40-72)42-86(56)67(93)54-37-49-36-52(41-75-64(49)78-54)77-66(92)55-43-84(81-80-55)21-25-100-30-31-103-33-32-102-29-28-98-5/h6,8,10-16,36-37,39,41,43,45,48,50,63,87H,7,9,17-35,38,40,42,44H2,1-5H3,(H,75,78)(H,76,91)(H,77,92)(H,79,95)(H3,73,74,94)/t48-,50-,63+/m1/s1. The number of urea groups is 1. The van der Waals surface area contributed by atoms with Crippen LogP contribution in [0, 0.1) is 18.8 Å². The molecule has 6 aromatic rings. The number of nitrogens with zero attached hydrogens (tertiary/aromatic N) is 8. The molecule has 10 amide bonds. The summed E-state index contributed by atoms with van der Waals surface area (Å²) in [7, 11) is 3.10. The number of nitrogens with two attached hydrogens (primary N) is 1. The number of aliphatic hydroxyl groups excluding tert-OH is 1. The third-order valence-electron chi connectivity index (χ3n) is 17.0. The van der Waals surface area contributed by atoms with E-state index in [0.717, 1.165) is 33.6 Å². The number of Topliss-reactive ketones (excluding diaryl/α,β-unsaturated/α-hetero) is 1. The number of aromatic amines is 1. The van der Waals surface area contributed by atoms with E-state index >= 15 is 0 Å². The summed E-state index contributed by atoms with van der Waals surface area (Å²) in [4.78, 5) is 144. The largest absolute Gasteiger partial charge is 0.447 e. The molecule has 0 saturated heterocycles. The SMILES string of the molecule is COCCOCCOCCOCCn1cc(C(=O)Nc2cnc3[nH]c(C(=O)N4C[C@@H](CCl)c5c4cc(OC(=O)N(CCOCCO)CCN(C)C(=O)OCc4ccc(NC(=O)[C@H](CCCNC(N)=O)CC(=O)[C@@H](NC(=O)OCCOCCN6C(=O)C=CC6=O)C(C)C)cc4)c4cccc(C)c54)cc3c2)nn1. The lowest BCUT2D eigenvalue weighted by Crippen LogP contribution is -2.46. The summed E-state index contributed by atoms with van der Waals surface area (Å²) < 4.78 is 51.0. The van der Waals surface area contributed by atoms with E-state index in [9.17, 15) is 53.1 Å². The molecule has 572 valence electrons. The van der Waals surface area contributed by atoms with Gasteiger partial charge in [0.25, 0.3) is 23.6 Å². The maximum atomic E-state index is 14.8. The molecule has 0 spiro atoms. The summed E-state index contributed by atoms with van der Waals surface area (Å²) in [6.07, 6.45) is 2.96. The zero-order valence-electron chi connectivity index (χ0n) is 59.8. The number of anilines is 3. The quantitative estimate of drug-likeness (QED) is 0.0145. The maximum Gasteiger partial charge on any atom is 0.415 e. The van der Waals surface area contributed by atoms with Crippen molar-refractivity contribution in [3.63, 3.8) is 0 Å². The van der Waals surface area contributed by atoms with Gasteiger partial charge in [-0.15, -0.1) is 16.7 Å². The molecule has 0 radical (unpaired) electrons. The van der Waals surface area contributed by atoms with E-state index in [-0.39, 0.29) is 134 Å². The van der Waals surface area contributed by atoms with Gasteiger partial charge in [0.1, 0.15) is 30.3 Å². The Kier molecular flexibility index (Phi) is 31.9. The number of carbonyl (C=O) groups excluding carboxylic acids is 10. The van der Waals surface area contributed by atoms with Crippen LogP contribution in [0.5, 0.6) is 5.75 Å². The number of pyridine rings is 1. The molecule has 35 heteroatoms. The highest BCUT2D eigenvalue weighted by atomic mass is 35.5. The van der Waals surface area contributed by atoms with Crippen LogP contribution >= 0.6 is 11.6 Å². The van der Waals surface area contributed by atoms with Crippen molar-refractivity contribution in [1.29, 1.82) is 0 Å². The first-order valence-electron chi connectivity index (χ1n) is 34.6. The number of imide groups is 1. The number of methoxy groups -OCH3 is 1. The number of halogens is 1. The second kappa shape index (κ2) is 41.5. The second-order valence-corrected chi connectivity index (χ2v) is 25.3. The van der Waals surface area contributed by atoms with Crippen LogP contribution in [0.4, 0.5) is 36.2 Å². The van der Waals surface area contributed by atoms with Crippen LogP contribution in [0.2, 0.25) is 0 Å². The van der Waals surface area contributed by atoms with Gasteiger partial charge in [-0.05, 0) is 72.0 Å². The third-order valence-corrected chi connectivity index (χ3v) is 17.4. The monoisotopic (exact) mass is 1490 g/mol. The Bertz CT molecular complexity index is 4020. The Morgan fingerprint density at radius 3 is 2.19 bits per heavy atom. The molecular weight excluding hydrogens is 1400 g/mol. The molecule has 8 N–H and O–H groups in total. The number of aryl methyl sites for hydroxylation is 1. The number of nitrogens with one attached hydrogen (secondary N) is 5. The number of hydrogen-bond acceptors (Lipinski definition) is 23. The van der Waals surface area contributed by atoms with E-state index < -0.39 is 77.5 Å². The number of hydrogen-bond donors (Lipinski definition) is 7. The minimum Gasteiger partial charge on any atom is -0.447 e. The molecule has 2 aliphatic rings. The van der Waals surface area contributed by atoms with E-state index in [4.69, 9.17) is 60.0 Å². The van der Waals surface area contributed by atoms with Crippen molar-refractivity contribution in [2.24, 2.45) is 17.6 Å². The number of aromatic nitrogens is 5. The molecule has 3 aromatic heterocycles. The number of H-pyrrole nitrogens is 1. The van der Waals surface area contributed by atoms with Gasteiger partial charge in [0, 0.05) is 106 Å². The van der Waals surface area contributed by atoms with Crippen molar-refractivity contribution in [2.45, 2.75) is 65.1 Å². The predicted octanol–water partition coefficient (Wildman–Crippen LogP) is 5.28.